The van der Waals surface area contributed by atoms with Crippen LogP contribution in [-0.2, 0) is 6.42 Å². The Morgan fingerprint density at radius 3 is 2.61 bits per heavy atom. The van der Waals surface area contributed by atoms with Crippen LogP contribution in [0.3, 0.4) is 0 Å². The Hall–Kier alpha value is -1.81. The molecule has 0 radical (unpaired) electrons. The molecule has 2 N–H and O–H groups in total. The molecule has 18 heavy (non-hydrogen) atoms. The lowest BCUT2D eigenvalue weighted by molar-refractivity contribution is 0.543. The zero-order valence-electron chi connectivity index (χ0n) is 9.56. The number of para-hydroxylation sites is 1. The van der Waals surface area contributed by atoms with E-state index in [0.717, 1.165) is 26.8 Å². The number of oxazole rings is 1. The van der Waals surface area contributed by atoms with E-state index in [0.29, 0.717) is 12.3 Å². The van der Waals surface area contributed by atoms with E-state index in [4.69, 9.17) is 10.2 Å². The highest BCUT2D eigenvalue weighted by Crippen LogP contribution is 2.25. The molecule has 0 aliphatic heterocycles. The maximum atomic E-state index is 5.74. The largest absolute Gasteiger partial charge is 0.439 e. The molecule has 1 aromatic heterocycles. The van der Waals surface area contributed by atoms with E-state index in [2.05, 4.69) is 20.9 Å². The van der Waals surface area contributed by atoms with Crippen molar-refractivity contribution in [2.45, 2.75) is 6.42 Å². The Bertz CT molecular complexity index is 689. The summed E-state index contributed by atoms with van der Waals surface area (Å²) >= 11 is 3.45. The number of nitrogens with zero attached hydrogens (tertiary/aromatic N) is 1. The van der Waals surface area contributed by atoms with Gasteiger partial charge in [0.1, 0.15) is 5.52 Å². The predicted octanol–water partition coefficient (Wildman–Crippen LogP) is 3.76. The van der Waals surface area contributed by atoms with Crippen LogP contribution in [0.15, 0.2) is 51.4 Å². The molecule has 0 saturated carbocycles. The summed E-state index contributed by atoms with van der Waals surface area (Å²) in [6.07, 6.45) is 0.668. The summed E-state index contributed by atoms with van der Waals surface area (Å²) in [4.78, 5) is 4.46. The van der Waals surface area contributed by atoms with Gasteiger partial charge >= 0.3 is 0 Å². The summed E-state index contributed by atoms with van der Waals surface area (Å²) in [5, 5.41) is 0. The quantitative estimate of drug-likeness (QED) is 0.733. The van der Waals surface area contributed by atoms with Gasteiger partial charge in [-0.15, -0.1) is 0 Å². The Balaban J connectivity index is 1.95. The summed E-state index contributed by atoms with van der Waals surface area (Å²) in [6, 6.07) is 13.6. The number of anilines is 1. The van der Waals surface area contributed by atoms with Crippen molar-refractivity contribution in [1.29, 1.82) is 0 Å². The molecular formula is C14H11BrN2O. The first-order valence-electron chi connectivity index (χ1n) is 5.61. The molecule has 3 rings (SSSR count). The average molecular weight is 303 g/mol. The Kier molecular flexibility index (Phi) is 2.80. The monoisotopic (exact) mass is 302 g/mol. The highest BCUT2D eigenvalue weighted by Gasteiger charge is 2.08. The number of hydrogen-bond donors (Lipinski definition) is 1. The van der Waals surface area contributed by atoms with Crippen molar-refractivity contribution in [3.8, 4) is 0 Å². The van der Waals surface area contributed by atoms with Gasteiger partial charge in [-0.2, -0.15) is 0 Å². The van der Waals surface area contributed by atoms with Crippen LogP contribution in [0.1, 0.15) is 11.5 Å². The molecule has 4 heteroatoms. The van der Waals surface area contributed by atoms with E-state index in [-0.39, 0.29) is 0 Å². The van der Waals surface area contributed by atoms with Crippen LogP contribution >= 0.6 is 15.9 Å². The number of aromatic nitrogens is 1. The van der Waals surface area contributed by atoms with E-state index < -0.39 is 0 Å². The first kappa shape index (κ1) is 11.3. The molecule has 0 saturated heterocycles. The van der Waals surface area contributed by atoms with Crippen molar-refractivity contribution in [3.05, 3.63) is 58.4 Å². The normalized spacial score (nSPS) is 10.9. The van der Waals surface area contributed by atoms with Crippen LogP contribution in [0, 0.1) is 0 Å². The van der Waals surface area contributed by atoms with Gasteiger partial charge in [-0.1, -0.05) is 18.2 Å². The summed E-state index contributed by atoms with van der Waals surface area (Å²) in [6.45, 7) is 0. The van der Waals surface area contributed by atoms with E-state index in [1.807, 2.05) is 42.5 Å². The van der Waals surface area contributed by atoms with Crippen LogP contribution < -0.4 is 5.73 Å². The van der Waals surface area contributed by atoms with Crippen LogP contribution in [0.2, 0.25) is 0 Å². The van der Waals surface area contributed by atoms with Gasteiger partial charge in [-0.05, 0) is 45.8 Å². The number of fused-ring (bicyclic) bond motifs is 1. The maximum absolute atomic E-state index is 5.74. The second-order valence-electron chi connectivity index (χ2n) is 4.11. The topological polar surface area (TPSA) is 52.0 Å². The number of halogens is 1. The minimum Gasteiger partial charge on any atom is -0.439 e. The lowest BCUT2D eigenvalue weighted by atomic mass is 10.1. The third-order valence-corrected chi connectivity index (χ3v) is 3.37. The molecule has 0 unspecified atom stereocenters. The predicted molar refractivity (Wildman–Crippen MR) is 75.4 cm³/mol. The summed E-state index contributed by atoms with van der Waals surface area (Å²) in [5.74, 6) is 0.710. The van der Waals surface area contributed by atoms with Gasteiger partial charge in [0, 0.05) is 12.1 Å². The first-order valence-corrected chi connectivity index (χ1v) is 6.40. The standard InChI is InChI=1S/C14H11BrN2O/c15-11-2-1-3-12-14(11)18-13(17-12)8-9-4-6-10(16)7-5-9/h1-7H,8,16H2. The van der Waals surface area contributed by atoms with Gasteiger partial charge in [0.2, 0.25) is 0 Å². The first-order chi connectivity index (χ1) is 8.72. The molecule has 0 aliphatic carbocycles. The van der Waals surface area contributed by atoms with Crippen molar-refractivity contribution in [2.24, 2.45) is 0 Å². The lowest BCUT2D eigenvalue weighted by Gasteiger charge is -1.97. The number of nitrogens with two attached hydrogens (primary N) is 1. The molecule has 0 atom stereocenters. The fourth-order valence-electron chi connectivity index (χ4n) is 1.85. The zero-order valence-corrected chi connectivity index (χ0v) is 11.1. The van der Waals surface area contributed by atoms with Crippen molar-refractivity contribution >= 4 is 32.7 Å². The second kappa shape index (κ2) is 4.46. The molecule has 3 nitrogen and oxygen atoms in total. The fraction of sp³-hybridized carbons (Fsp3) is 0.0714. The zero-order chi connectivity index (χ0) is 12.5. The Labute approximate surface area is 113 Å². The molecule has 1 heterocycles. The van der Waals surface area contributed by atoms with E-state index in [1.54, 1.807) is 0 Å². The van der Waals surface area contributed by atoms with Gasteiger partial charge in [0.15, 0.2) is 11.5 Å². The summed E-state index contributed by atoms with van der Waals surface area (Å²) in [5.41, 5.74) is 9.21. The van der Waals surface area contributed by atoms with Gasteiger partial charge in [0.05, 0.1) is 4.47 Å². The number of nitrogen functional groups attached to an aromatic ring is 1. The van der Waals surface area contributed by atoms with Crippen LogP contribution in [0.5, 0.6) is 0 Å². The van der Waals surface area contributed by atoms with E-state index in [1.165, 1.54) is 0 Å². The highest BCUT2D eigenvalue weighted by molar-refractivity contribution is 9.10. The third kappa shape index (κ3) is 2.11. The molecular weight excluding hydrogens is 292 g/mol. The molecule has 0 amide bonds. The lowest BCUT2D eigenvalue weighted by Crippen LogP contribution is -1.89. The highest BCUT2D eigenvalue weighted by atomic mass is 79.9. The molecule has 2 aromatic carbocycles. The number of rotatable bonds is 2. The molecule has 0 fully saturated rings. The molecule has 0 aliphatic rings. The second-order valence-corrected chi connectivity index (χ2v) is 4.97. The minimum atomic E-state index is 0.668. The molecule has 3 aromatic rings. The van der Waals surface area contributed by atoms with E-state index >= 15 is 0 Å². The van der Waals surface area contributed by atoms with Gasteiger partial charge in [0.25, 0.3) is 0 Å². The minimum absolute atomic E-state index is 0.668. The Morgan fingerprint density at radius 2 is 1.89 bits per heavy atom. The molecule has 0 bridgehead atoms. The van der Waals surface area contributed by atoms with Crippen molar-refractivity contribution in [3.63, 3.8) is 0 Å². The molecule has 90 valence electrons. The molecule has 0 spiro atoms. The third-order valence-electron chi connectivity index (χ3n) is 2.75. The summed E-state index contributed by atoms with van der Waals surface area (Å²) in [7, 11) is 0. The van der Waals surface area contributed by atoms with E-state index in [9.17, 15) is 0 Å². The smallest absolute Gasteiger partial charge is 0.199 e. The van der Waals surface area contributed by atoms with Crippen LogP contribution in [0.4, 0.5) is 5.69 Å². The summed E-state index contributed by atoms with van der Waals surface area (Å²) < 4.78 is 6.67. The van der Waals surface area contributed by atoms with Gasteiger partial charge < -0.3 is 10.2 Å². The number of hydrogen-bond acceptors (Lipinski definition) is 3. The fourth-order valence-corrected chi connectivity index (χ4v) is 2.28. The maximum Gasteiger partial charge on any atom is 0.199 e. The SMILES string of the molecule is Nc1ccc(Cc2nc3cccc(Br)c3o2)cc1. The van der Waals surface area contributed by atoms with Gasteiger partial charge in [-0.25, -0.2) is 4.98 Å². The van der Waals surface area contributed by atoms with Crippen LogP contribution in [-0.4, -0.2) is 4.98 Å². The van der Waals surface area contributed by atoms with Gasteiger partial charge in [-0.3, -0.25) is 0 Å². The van der Waals surface area contributed by atoms with Crippen LogP contribution in [0.25, 0.3) is 11.1 Å². The Morgan fingerprint density at radius 1 is 1.11 bits per heavy atom. The van der Waals surface area contributed by atoms with Crippen molar-refractivity contribution < 1.29 is 4.42 Å². The number of benzene rings is 2. The van der Waals surface area contributed by atoms with Crippen molar-refractivity contribution in [1.82, 2.24) is 4.98 Å². The van der Waals surface area contributed by atoms with Crippen molar-refractivity contribution in [2.75, 3.05) is 5.73 Å². The average Bonchev–Trinajstić information content (AvgIpc) is 2.76.